The molecule has 4 nitrogen and oxygen atoms in total. The maximum atomic E-state index is 6.49. The highest BCUT2D eigenvalue weighted by atomic mass is 16.3. The van der Waals surface area contributed by atoms with Gasteiger partial charge in [0.1, 0.15) is 11.2 Å². The van der Waals surface area contributed by atoms with Crippen LogP contribution in [-0.2, 0) is 0 Å². The highest BCUT2D eigenvalue weighted by molar-refractivity contribution is 6.13. The largest absolute Gasteiger partial charge is 0.456 e. The van der Waals surface area contributed by atoms with Gasteiger partial charge in [0.15, 0.2) is 17.5 Å². The molecule has 0 fully saturated rings. The Bertz CT molecular complexity index is 3300. The molecule has 9 aromatic carbocycles. The number of benzene rings is 9. The summed E-state index contributed by atoms with van der Waals surface area (Å²) < 4.78 is 6.49. The van der Waals surface area contributed by atoms with Crippen LogP contribution < -0.4 is 0 Å². The molecule has 266 valence electrons. The van der Waals surface area contributed by atoms with Gasteiger partial charge < -0.3 is 4.42 Å². The minimum Gasteiger partial charge on any atom is -0.456 e. The van der Waals surface area contributed by atoms with Crippen molar-refractivity contribution >= 4 is 43.5 Å². The van der Waals surface area contributed by atoms with Gasteiger partial charge in [-0.05, 0) is 91.3 Å². The lowest BCUT2D eigenvalue weighted by Gasteiger charge is -2.10. The first-order valence-corrected chi connectivity index (χ1v) is 19.2. The van der Waals surface area contributed by atoms with Gasteiger partial charge in [-0.2, -0.15) is 0 Å². The number of nitrogens with zero attached hydrogens (tertiary/aromatic N) is 3. The molecule has 0 spiro atoms. The molecule has 0 aliphatic rings. The van der Waals surface area contributed by atoms with Crippen LogP contribution in [0.25, 0.3) is 111 Å². The van der Waals surface area contributed by atoms with E-state index in [1.165, 1.54) is 32.7 Å². The van der Waals surface area contributed by atoms with Crippen LogP contribution in [0.15, 0.2) is 205 Å². The Morgan fingerprint density at radius 2 is 0.825 bits per heavy atom. The van der Waals surface area contributed by atoms with Gasteiger partial charge in [-0.3, -0.25) is 0 Å². The van der Waals surface area contributed by atoms with Gasteiger partial charge in [0.05, 0.1) is 0 Å². The molecular weight excluding hydrogens is 695 g/mol. The molecule has 11 rings (SSSR count). The zero-order chi connectivity index (χ0) is 37.7. The summed E-state index contributed by atoms with van der Waals surface area (Å²) in [6.45, 7) is 0. The van der Waals surface area contributed by atoms with Crippen molar-refractivity contribution in [3.63, 3.8) is 0 Å². The molecule has 2 heterocycles. The number of fused-ring (bicyclic) bond motifs is 6. The van der Waals surface area contributed by atoms with Crippen LogP contribution in [0.4, 0.5) is 0 Å². The maximum Gasteiger partial charge on any atom is 0.164 e. The predicted molar refractivity (Wildman–Crippen MR) is 235 cm³/mol. The molecule has 0 unspecified atom stereocenters. The summed E-state index contributed by atoms with van der Waals surface area (Å²) in [4.78, 5) is 15.3. The highest BCUT2D eigenvalue weighted by Gasteiger charge is 2.19. The quantitative estimate of drug-likeness (QED) is 0.160. The molecule has 0 atom stereocenters. The highest BCUT2D eigenvalue weighted by Crippen LogP contribution is 2.39. The topological polar surface area (TPSA) is 51.8 Å². The molecule has 4 heteroatoms. The van der Waals surface area contributed by atoms with Crippen molar-refractivity contribution in [3.05, 3.63) is 200 Å². The van der Waals surface area contributed by atoms with Gasteiger partial charge in [0.25, 0.3) is 0 Å². The maximum absolute atomic E-state index is 6.49. The van der Waals surface area contributed by atoms with E-state index in [1.54, 1.807) is 0 Å². The van der Waals surface area contributed by atoms with Crippen molar-refractivity contribution in [2.24, 2.45) is 0 Å². The summed E-state index contributed by atoms with van der Waals surface area (Å²) in [5.41, 5.74) is 11.2. The normalized spacial score (nSPS) is 11.5. The smallest absolute Gasteiger partial charge is 0.164 e. The monoisotopic (exact) mass is 727 g/mol. The van der Waals surface area contributed by atoms with Crippen LogP contribution in [0.3, 0.4) is 0 Å². The molecule has 0 aliphatic carbocycles. The van der Waals surface area contributed by atoms with Crippen LogP contribution in [-0.4, -0.2) is 15.0 Å². The van der Waals surface area contributed by atoms with E-state index in [2.05, 4.69) is 152 Å². The first-order valence-electron chi connectivity index (χ1n) is 19.2. The fourth-order valence-electron chi connectivity index (χ4n) is 8.07. The molecule has 0 aliphatic heterocycles. The molecule has 0 N–H and O–H groups in total. The molecule has 11 aromatic rings. The van der Waals surface area contributed by atoms with E-state index in [0.29, 0.717) is 17.5 Å². The lowest BCUT2D eigenvalue weighted by Crippen LogP contribution is -2.00. The number of furan rings is 1. The fourth-order valence-corrected chi connectivity index (χ4v) is 8.07. The van der Waals surface area contributed by atoms with E-state index in [0.717, 1.165) is 60.9 Å². The van der Waals surface area contributed by atoms with Crippen molar-refractivity contribution in [1.82, 2.24) is 15.0 Å². The zero-order valence-electron chi connectivity index (χ0n) is 30.8. The third-order valence-corrected chi connectivity index (χ3v) is 10.9. The first kappa shape index (κ1) is 32.7. The summed E-state index contributed by atoms with van der Waals surface area (Å²) in [7, 11) is 0. The Hall–Kier alpha value is -7.69. The second-order valence-corrected chi connectivity index (χ2v) is 14.4. The van der Waals surface area contributed by atoms with Crippen molar-refractivity contribution in [2.45, 2.75) is 0 Å². The van der Waals surface area contributed by atoms with Crippen molar-refractivity contribution < 1.29 is 4.42 Å². The summed E-state index contributed by atoms with van der Waals surface area (Å²) in [5, 5.41) is 7.01. The number of hydrogen-bond donors (Lipinski definition) is 0. The molecule has 0 saturated heterocycles. The molecular formula is C53H33N3O. The molecule has 57 heavy (non-hydrogen) atoms. The van der Waals surface area contributed by atoms with Crippen molar-refractivity contribution in [1.29, 1.82) is 0 Å². The lowest BCUT2D eigenvalue weighted by molar-refractivity contribution is 0.669. The summed E-state index contributed by atoms with van der Waals surface area (Å²) >= 11 is 0. The van der Waals surface area contributed by atoms with Crippen LogP contribution in [0.2, 0.25) is 0 Å². The summed E-state index contributed by atoms with van der Waals surface area (Å²) in [5.74, 6) is 1.82. The Balaban J connectivity index is 1.03. The average molecular weight is 728 g/mol. The van der Waals surface area contributed by atoms with Crippen LogP contribution in [0.5, 0.6) is 0 Å². The second-order valence-electron chi connectivity index (χ2n) is 14.4. The van der Waals surface area contributed by atoms with Crippen LogP contribution >= 0.6 is 0 Å². The van der Waals surface area contributed by atoms with Crippen molar-refractivity contribution in [2.75, 3.05) is 0 Å². The fraction of sp³-hybridized carbons (Fsp3) is 0. The molecule has 0 bridgehead atoms. The zero-order valence-corrected chi connectivity index (χ0v) is 30.8. The predicted octanol–water partition coefficient (Wildman–Crippen LogP) is 14.1. The Morgan fingerprint density at radius 3 is 1.63 bits per heavy atom. The van der Waals surface area contributed by atoms with Gasteiger partial charge in [0.2, 0.25) is 0 Å². The van der Waals surface area contributed by atoms with Gasteiger partial charge in [-0.25, -0.2) is 15.0 Å². The average Bonchev–Trinajstić information content (AvgIpc) is 3.68. The number of aromatic nitrogens is 3. The van der Waals surface area contributed by atoms with E-state index in [1.807, 2.05) is 48.5 Å². The summed E-state index contributed by atoms with van der Waals surface area (Å²) in [6.07, 6.45) is 0. The van der Waals surface area contributed by atoms with Gasteiger partial charge >= 0.3 is 0 Å². The summed E-state index contributed by atoms with van der Waals surface area (Å²) in [6, 6.07) is 70.0. The molecule has 0 amide bonds. The van der Waals surface area contributed by atoms with Gasteiger partial charge in [0, 0.05) is 27.5 Å². The SMILES string of the molecule is c1ccc(-c2cccc(-c3nc(-c4ccccc4)nc(-c4cccc5oc6ccc(-c7cccc(-c8ccc9c(ccc%10ccccc%109)c8)c7)cc6c45)n3)c2)cc1. The van der Waals surface area contributed by atoms with E-state index >= 15 is 0 Å². The van der Waals surface area contributed by atoms with E-state index < -0.39 is 0 Å². The Labute approximate surface area is 329 Å². The number of hydrogen-bond acceptors (Lipinski definition) is 4. The number of rotatable bonds is 6. The third kappa shape index (κ3) is 5.92. The Morgan fingerprint density at radius 1 is 0.281 bits per heavy atom. The first-order chi connectivity index (χ1) is 28.2. The Kier molecular flexibility index (Phi) is 7.78. The van der Waals surface area contributed by atoms with E-state index in [9.17, 15) is 0 Å². The minimum absolute atomic E-state index is 0.591. The minimum atomic E-state index is 0.591. The van der Waals surface area contributed by atoms with Crippen LogP contribution in [0, 0.1) is 0 Å². The second kappa shape index (κ2) is 13.6. The standard InChI is InChI=1S/C53H33N3O/c1-3-12-34(13-4-1)37-17-10-20-43(32-37)52-54-51(36-15-5-2-6-16-36)55-53(56-52)46-22-11-23-49-50(46)47-33-41(27-29-48(47)57-49)39-19-9-18-38(30-39)40-26-28-45-42(31-40)25-24-35-14-7-8-21-44(35)45/h1-33H. The third-order valence-electron chi connectivity index (χ3n) is 10.9. The lowest BCUT2D eigenvalue weighted by atomic mass is 9.95. The van der Waals surface area contributed by atoms with Gasteiger partial charge in [-0.15, -0.1) is 0 Å². The molecule has 0 radical (unpaired) electrons. The van der Waals surface area contributed by atoms with Crippen molar-refractivity contribution in [3.8, 4) is 67.5 Å². The molecule has 0 saturated carbocycles. The van der Waals surface area contributed by atoms with E-state index in [-0.39, 0.29) is 0 Å². The van der Waals surface area contributed by atoms with Crippen LogP contribution in [0.1, 0.15) is 0 Å². The van der Waals surface area contributed by atoms with E-state index in [4.69, 9.17) is 19.4 Å². The molecule has 2 aromatic heterocycles. The van der Waals surface area contributed by atoms with Gasteiger partial charge in [-0.1, -0.05) is 164 Å².